The Hall–Kier alpha value is -1.08. The number of carbonyl (C=O) groups is 1. The van der Waals surface area contributed by atoms with Crippen molar-refractivity contribution in [1.82, 2.24) is 9.91 Å². The summed E-state index contributed by atoms with van der Waals surface area (Å²) in [6.07, 6.45) is -6.19. The molecule has 0 saturated carbocycles. The first-order valence-electron chi connectivity index (χ1n) is 9.99. The number of hydrogen-bond donors (Lipinski definition) is 4. The molecule has 0 aromatic heterocycles. The van der Waals surface area contributed by atoms with Crippen LogP contribution in [0.4, 0.5) is 4.79 Å². The van der Waals surface area contributed by atoms with Crippen LogP contribution < -0.4 is 0 Å². The number of hydrogen-bond acceptors (Lipinski definition) is 9. The van der Waals surface area contributed by atoms with E-state index in [1.54, 1.807) is 0 Å². The van der Waals surface area contributed by atoms with Gasteiger partial charge in [-0.05, 0) is 18.3 Å². The minimum Gasteiger partial charge on any atom is -0.394 e. The van der Waals surface area contributed by atoms with Gasteiger partial charge >= 0.3 is 6.03 Å². The van der Waals surface area contributed by atoms with Gasteiger partial charge in [0.25, 0.3) is 0 Å². The molecule has 1 rings (SSSR count). The molecule has 1 saturated heterocycles. The van der Waals surface area contributed by atoms with Gasteiger partial charge in [0.2, 0.25) is 5.72 Å². The predicted octanol–water partition coefficient (Wildman–Crippen LogP) is 0.477. The number of urea groups is 1. The first kappa shape index (κ1) is 27.0. The fraction of sp³-hybridized carbons (Fsp3) is 0.944. The van der Waals surface area contributed by atoms with Crippen molar-refractivity contribution in [2.24, 2.45) is 17.1 Å². The second-order valence-corrected chi connectivity index (χ2v) is 8.51. The fourth-order valence-electron chi connectivity index (χ4n) is 3.06. The molecule has 0 radical (unpaired) electrons. The van der Waals surface area contributed by atoms with Crippen molar-refractivity contribution in [3.8, 4) is 0 Å². The van der Waals surface area contributed by atoms with E-state index >= 15 is 0 Å². The summed E-state index contributed by atoms with van der Waals surface area (Å²) >= 11 is 5.62. The quantitative estimate of drug-likeness (QED) is 0.152. The Kier molecular flexibility index (Phi) is 10.9. The number of aliphatic hydroxyl groups excluding tert-OH is 3. The lowest BCUT2D eigenvalue weighted by atomic mass is 9.89. The largest absolute Gasteiger partial charge is 0.394 e. The maximum Gasteiger partial charge on any atom is 0.345 e. The molecule has 0 bridgehead atoms. The summed E-state index contributed by atoms with van der Waals surface area (Å²) in [5, 5.41) is 45.8. The number of nitroso groups, excluding NO2 is 1. The Morgan fingerprint density at radius 3 is 2.30 bits per heavy atom. The van der Waals surface area contributed by atoms with Crippen molar-refractivity contribution in [3.05, 3.63) is 4.91 Å². The van der Waals surface area contributed by atoms with Gasteiger partial charge in [-0.2, -0.15) is 5.01 Å². The molecule has 1 fully saturated rings. The van der Waals surface area contributed by atoms with Gasteiger partial charge in [0.05, 0.1) is 25.0 Å². The van der Waals surface area contributed by atoms with Crippen LogP contribution in [0.15, 0.2) is 5.29 Å². The molecule has 12 heteroatoms. The average molecular weight is 456 g/mol. The topological polar surface area (TPSA) is 152 Å². The second-order valence-electron chi connectivity index (χ2n) is 8.14. The summed E-state index contributed by atoms with van der Waals surface area (Å²) in [6.45, 7) is 6.56. The number of rotatable bonds is 11. The van der Waals surface area contributed by atoms with Crippen molar-refractivity contribution < 1.29 is 34.7 Å². The highest BCUT2D eigenvalue weighted by atomic mass is 35.5. The molecular weight excluding hydrogens is 422 g/mol. The van der Waals surface area contributed by atoms with Crippen LogP contribution in [0.2, 0.25) is 0 Å². The molecule has 4 N–H and O–H groups in total. The average Bonchev–Trinajstić information content (AvgIpc) is 2.69. The van der Waals surface area contributed by atoms with Crippen molar-refractivity contribution in [2.45, 2.75) is 64.4 Å². The molecule has 2 amide bonds. The van der Waals surface area contributed by atoms with Gasteiger partial charge in [-0.25, -0.2) is 4.79 Å². The lowest BCUT2D eigenvalue weighted by Gasteiger charge is -2.52. The Balaban J connectivity index is 3.37. The molecule has 5 atom stereocenters. The van der Waals surface area contributed by atoms with E-state index in [0.717, 1.165) is 4.90 Å². The number of halogens is 1. The zero-order chi connectivity index (χ0) is 23.1. The zero-order valence-corrected chi connectivity index (χ0v) is 18.6. The Labute approximate surface area is 181 Å². The van der Waals surface area contributed by atoms with Gasteiger partial charge in [0.1, 0.15) is 12.2 Å². The number of amides is 2. The van der Waals surface area contributed by atoms with Crippen LogP contribution >= 0.6 is 11.6 Å². The number of carbonyl (C=O) groups excluding carboxylic acids is 1. The molecule has 0 aliphatic carbocycles. The lowest BCUT2D eigenvalue weighted by molar-refractivity contribution is -0.360. The third-order valence-electron chi connectivity index (χ3n) is 4.77. The molecule has 1 aliphatic heterocycles. The van der Waals surface area contributed by atoms with E-state index in [0.29, 0.717) is 11.4 Å². The van der Waals surface area contributed by atoms with E-state index in [-0.39, 0.29) is 37.4 Å². The van der Waals surface area contributed by atoms with Gasteiger partial charge in [0.15, 0.2) is 12.4 Å². The van der Waals surface area contributed by atoms with Gasteiger partial charge < -0.3 is 29.9 Å². The highest BCUT2D eigenvalue weighted by Gasteiger charge is 2.60. The monoisotopic (exact) mass is 455 g/mol. The van der Waals surface area contributed by atoms with E-state index < -0.39 is 43.0 Å². The van der Waals surface area contributed by atoms with Crippen LogP contribution in [0.3, 0.4) is 0 Å². The first-order chi connectivity index (χ1) is 14.0. The number of nitrogens with zero attached hydrogens (tertiary/aromatic N) is 3. The maximum atomic E-state index is 13.0. The Morgan fingerprint density at radius 2 is 1.83 bits per heavy atom. The van der Waals surface area contributed by atoms with Crippen molar-refractivity contribution in [3.63, 3.8) is 0 Å². The van der Waals surface area contributed by atoms with E-state index in [9.17, 15) is 30.1 Å². The number of ether oxygens (including phenoxy) is 2. The summed E-state index contributed by atoms with van der Waals surface area (Å²) in [5.41, 5.74) is -2.62. The number of alkyl halides is 1. The van der Waals surface area contributed by atoms with Crippen LogP contribution in [0.5, 0.6) is 0 Å². The van der Waals surface area contributed by atoms with Crippen LogP contribution in [0.1, 0.15) is 34.1 Å². The minimum absolute atomic E-state index is 0.0606. The van der Waals surface area contributed by atoms with E-state index in [2.05, 4.69) is 5.29 Å². The lowest BCUT2D eigenvalue weighted by Crippen LogP contribution is -2.76. The van der Waals surface area contributed by atoms with E-state index in [4.69, 9.17) is 21.1 Å². The predicted molar refractivity (Wildman–Crippen MR) is 108 cm³/mol. The maximum absolute atomic E-state index is 13.0. The fourth-order valence-corrected chi connectivity index (χ4v) is 3.22. The third-order valence-corrected chi connectivity index (χ3v) is 4.94. The summed E-state index contributed by atoms with van der Waals surface area (Å²) in [7, 11) is 0. The standard InChI is InChI=1S/C18H34ClN3O8/c1-11(2)5-7-21(17(26)22(20-28)8-6-19)18(27)14(24)13(9-23)30-16(15(18)25)29-10-12(3)4/h11-16,23-25,27H,5-10H2,1-4H3/t13-,14-,15+,16+,18-/m1/s1. The molecule has 0 aromatic rings. The zero-order valence-electron chi connectivity index (χ0n) is 17.8. The first-order valence-corrected chi connectivity index (χ1v) is 10.5. The molecular formula is C18H34ClN3O8. The third kappa shape index (κ3) is 6.22. The summed E-state index contributed by atoms with van der Waals surface area (Å²) in [6, 6.07) is -1.05. The van der Waals surface area contributed by atoms with Crippen molar-refractivity contribution >= 4 is 17.6 Å². The van der Waals surface area contributed by atoms with Crippen molar-refractivity contribution in [2.75, 3.05) is 32.2 Å². The molecule has 0 aromatic carbocycles. The summed E-state index contributed by atoms with van der Waals surface area (Å²) < 4.78 is 10.9. The summed E-state index contributed by atoms with van der Waals surface area (Å²) in [5.74, 6) is 0.0532. The van der Waals surface area contributed by atoms with E-state index in [1.165, 1.54) is 0 Å². The molecule has 30 heavy (non-hydrogen) atoms. The Bertz CT molecular complexity index is 556. The van der Waals surface area contributed by atoms with Crippen LogP contribution in [-0.2, 0) is 9.47 Å². The Morgan fingerprint density at radius 1 is 1.20 bits per heavy atom. The smallest absolute Gasteiger partial charge is 0.345 e. The van der Waals surface area contributed by atoms with Crippen LogP contribution in [0, 0.1) is 16.7 Å². The van der Waals surface area contributed by atoms with E-state index in [1.807, 2.05) is 27.7 Å². The highest BCUT2D eigenvalue weighted by Crippen LogP contribution is 2.35. The molecule has 0 spiro atoms. The highest BCUT2D eigenvalue weighted by molar-refractivity contribution is 6.18. The normalized spacial score (nSPS) is 29.3. The van der Waals surface area contributed by atoms with Gasteiger partial charge in [-0.15, -0.1) is 16.5 Å². The van der Waals surface area contributed by atoms with Crippen molar-refractivity contribution in [1.29, 1.82) is 0 Å². The van der Waals surface area contributed by atoms with Crippen LogP contribution in [0.25, 0.3) is 0 Å². The van der Waals surface area contributed by atoms with Gasteiger partial charge in [-0.3, -0.25) is 4.90 Å². The molecule has 0 unspecified atom stereocenters. The van der Waals surface area contributed by atoms with Gasteiger partial charge in [0, 0.05) is 12.4 Å². The van der Waals surface area contributed by atoms with Gasteiger partial charge in [-0.1, -0.05) is 27.7 Å². The number of aliphatic hydroxyl groups is 4. The molecule has 1 heterocycles. The van der Waals surface area contributed by atoms with Crippen LogP contribution in [-0.4, -0.2) is 98.9 Å². The second kappa shape index (κ2) is 12.1. The molecule has 176 valence electrons. The molecule has 11 nitrogen and oxygen atoms in total. The summed E-state index contributed by atoms with van der Waals surface area (Å²) in [4.78, 5) is 24.9. The minimum atomic E-state index is -2.62. The molecule has 1 aliphatic rings. The SMILES string of the molecule is CC(C)CCN(C(=O)N(CCCl)N=O)[C@@]1(O)[C@H](O)[C@@H](CO)O[C@H](OCC(C)C)[C@@H]1O.